The summed E-state index contributed by atoms with van der Waals surface area (Å²) in [4.78, 5) is 5.29. The molecular weight excluding hydrogens is 344 g/mol. The van der Waals surface area contributed by atoms with Gasteiger partial charge in [0.25, 0.3) is 0 Å². The van der Waals surface area contributed by atoms with Crippen molar-refractivity contribution in [2.24, 2.45) is 0 Å². The molecule has 0 amide bonds. The number of benzene rings is 1. The topological polar surface area (TPSA) is 15.3 Å². The van der Waals surface area contributed by atoms with Gasteiger partial charge in [0.15, 0.2) is 0 Å². The van der Waals surface area contributed by atoms with Crippen LogP contribution >= 0.6 is 27.3 Å². The average Bonchev–Trinajstić information content (AvgIpc) is 3.03. The first-order valence-corrected chi connectivity index (χ1v) is 9.13. The zero-order valence-corrected chi connectivity index (χ0v) is 14.8. The quantitative estimate of drug-likeness (QED) is 0.765. The number of hydrogen-bond acceptors (Lipinski definition) is 3. The third-order valence-electron chi connectivity index (χ3n) is 3.97. The Bertz CT molecular complexity index is 589. The number of halogens is 1. The van der Waals surface area contributed by atoms with Gasteiger partial charge in [-0.25, -0.2) is 0 Å². The lowest BCUT2D eigenvalue weighted by molar-refractivity contribution is 0.642. The van der Waals surface area contributed by atoms with E-state index in [0.29, 0.717) is 0 Å². The molecule has 1 aromatic heterocycles. The van der Waals surface area contributed by atoms with Crippen molar-refractivity contribution < 1.29 is 0 Å². The molecule has 1 aromatic carbocycles. The predicted molar refractivity (Wildman–Crippen MR) is 95.4 cm³/mol. The van der Waals surface area contributed by atoms with Gasteiger partial charge in [-0.1, -0.05) is 18.2 Å². The van der Waals surface area contributed by atoms with Crippen LogP contribution in [0.2, 0.25) is 0 Å². The standard InChI is InChI=1S/C17H21BrN2S/c1-13-16(18)11-15(21-13)12-19-8-4-9-20-10-7-14-5-2-3-6-17(14)20/h2-3,5-6,11,19H,4,7-10,12H2,1H3. The smallest absolute Gasteiger partial charge is 0.0399 e. The molecule has 3 rings (SSSR count). The first kappa shape index (κ1) is 15.1. The molecule has 0 fully saturated rings. The Hall–Kier alpha value is -0.840. The molecule has 0 saturated carbocycles. The predicted octanol–water partition coefficient (Wildman–Crippen LogP) is 4.36. The maximum absolute atomic E-state index is 3.57. The first-order chi connectivity index (χ1) is 10.2. The van der Waals surface area contributed by atoms with E-state index in [1.165, 1.54) is 44.9 Å². The lowest BCUT2D eigenvalue weighted by Crippen LogP contribution is -2.25. The van der Waals surface area contributed by atoms with Gasteiger partial charge in [-0.15, -0.1) is 11.3 Å². The third kappa shape index (κ3) is 3.68. The van der Waals surface area contributed by atoms with Crippen LogP contribution in [0.15, 0.2) is 34.8 Å². The molecule has 0 saturated heterocycles. The molecule has 112 valence electrons. The van der Waals surface area contributed by atoms with Gasteiger partial charge in [0.1, 0.15) is 0 Å². The summed E-state index contributed by atoms with van der Waals surface area (Å²) in [5.74, 6) is 0. The van der Waals surface area contributed by atoms with Crippen LogP contribution in [0.5, 0.6) is 0 Å². The van der Waals surface area contributed by atoms with E-state index in [0.717, 1.165) is 19.6 Å². The molecular formula is C17H21BrN2S. The van der Waals surface area contributed by atoms with Gasteiger partial charge < -0.3 is 10.2 Å². The average molecular weight is 365 g/mol. The van der Waals surface area contributed by atoms with E-state index in [1.807, 2.05) is 11.3 Å². The van der Waals surface area contributed by atoms with Crippen LogP contribution in [0.3, 0.4) is 0 Å². The molecule has 0 radical (unpaired) electrons. The van der Waals surface area contributed by atoms with E-state index in [2.05, 4.69) is 63.4 Å². The van der Waals surface area contributed by atoms with E-state index in [9.17, 15) is 0 Å². The number of nitrogens with zero attached hydrogens (tertiary/aromatic N) is 1. The maximum atomic E-state index is 3.57. The summed E-state index contributed by atoms with van der Waals surface area (Å²) in [6, 6.07) is 11.0. The van der Waals surface area contributed by atoms with Crippen LogP contribution in [0.4, 0.5) is 5.69 Å². The van der Waals surface area contributed by atoms with Gasteiger partial charge in [0, 0.05) is 39.5 Å². The molecule has 0 unspecified atom stereocenters. The molecule has 2 heterocycles. The second kappa shape index (κ2) is 6.95. The van der Waals surface area contributed by atoms with Crippen LogP contribution < -0.4 is 10.2 Å². The second-order valence-corrected chi connectivity index (χ2v) is 7.71. The number of para-hydroxylation sites is 1. The van der Waals surface area contributed by atoms with E-state index < -0.39 is 0 Å². The minimum atomic E-state index is 0.980. The van der Waals surface area contributed by atoms with Crippen molar-refractivity contribution in [3.8, 4) is 0 Å². The van der Waals surface area contributed by atoms with Gasteiger partial charge in [-0.2, -0.15) is 0 Å². The van der Waals surface area contributed by atoms with Crippen LogP contribution in [0.1, 0.15) is 21.7 Å². The van der Waals surface area contributed by atoms with E-state index in [-0.39, 0.29) is 0 Å². The third-order valence-corrected chi connectivity index (χ3v) is 6.11. The number of rotatable bonds is 6. The molecule has 1 aliphatic heterocycles. The van der Waals surface area contributed by atoms with Crippen LogP contribution in [-0.4, -0.2) is 19.6 Å². The highest BCUT2D eigenvalue weighted by Gasteiger charge is 2.17. The number of nitrogens with one attached hydrogen (secondary N) is 1. The largest absolute Gasteiger partial charge is 0.371 e. The molecule has 21 heavy (non-hydrogen) atoms. The van der Waals surface area contributed by atoms with Crippen molar-refractivity contribution in [1.29, 1.82) is 0 Å². The molecule has 0 atom stereocenters. The number of hydrogen-bond donors (Lipinski definition) is 1. The number of aryl methyl sites for hydroxylation is 1. The fraction of sp³-hybridized carbons (Fsp3) is 0.412. The molecule has 2 aromatic rings. The Labute approximate surface area is 139 Å². The molecule has 1 N–H and O–H groups in total. The highest BCUT2D eigenvalue weighted by molar-refractivity contribution is 9.10. The van der Waals surface area contributed by atoms with E-state index in [1.54, 1.807) is 0 Å². The monoisotopic (exact) mass is 364 g/mol. The second-order valence-electron chi connectivity index (χ2n) is 5.51. The zero-order valence-electron chi connectivity index (χ0n) is 12.4. The molecule has 4 heteroatoms. The fourth-order valence-corrected chi connectivity index (χ4v) is 4.42. The highest BCUT2D eigenvalue weighted by Crippen LogP contribution is 2.27. The van der Waals surface area contributed by atoms with Crippen molar-refractivity contribution in [2.75, 3.05) is 24.5 Å². The minimum Gasteiger partial charge on any atom is -0.371 e. The Morgan fingerprint density at radius 1 is 1.33 bits per heavy atom. The highest BCUT2D eigenvalue weighted by atomic mass is 79.9. The summed E-state index contributed by atoms with van der Waals surface area (Å²) >= 11 is 5.44. The normalized spacial score (nSPS) is 13.7. The summed E-state index contributed by atoms with van der Waals surface area (Å²) < 4.78 is 1.23. The van der Waals surface area contributed by atoms with Crippen molar-refractivity contribution in [3.05, 3.63) is 50.1 Å². The lowest BCUT2D eigenvalue weighted by atomic mass is 10.2. The summed E-state index contributed by atoms with van der Waals surface area (Å²) in [6.07, 6.45) is 2.39. The van der Waals surface area contributed by atoms with Gasteiger partial charge in [0.05, 0.1) is 0 Å². The Morgan fingerprint density at radius 3 is 3.00 bits per heavy atom. The van der Waals surface area contributed by atoms with E-state index >= 15 is 0 Å². The molecule has 1 aliphatic rings. The van der Waals surface area contributed by atoms with Crippen molar-refractivity contribution in [2.45, 2.75) is 26.3 Å². The summed E-state index contributed by atoms with van der Waals surface area (Å²) in [6.45, 7) is 6.54. The molecule has 0 bridgehead atoms. The number of anilines is 1. The molecule has 0 spiro atoms. The summed E-state index contributed by atoms with van der Waals surface area (Å²) in [5, 5.41) is 3.55. The van der Waals surface area contributed by atoms with Gasteiger partial charge in [-0.3, -0.25) is 0 Å². The van der Waals surface area contributed by atoms with Gasteiger partial charge in [-0.05, 0) is 59.9 Å². The zero-order chi connectivity index (χ0) is 14.7. The first-order valence-electron chi connectivity index (χ1n) is 7.52. The van der Waals surface area contributed by atoms with Crippen LogP contribution in [0.25, 0.3) is 0 Å². The van der Waals surface area contributed by atoms with E-state index in [4.69, 9.17) is 0 Å². The Morgan fingerprint density at radius 2 is 2.19 bits per heavy atom. The number of fused-ring (bicyclic) bond motifs is 1. The van der Waals surface area contributed by atoms with Crippen molar-refractivity contribution >= 4 is 33.0 Å². The minimum absolute atomic E-state index is 0.980. The fourth-order valence-electron chi connectivity index (χ4n) is 2.85. The number of thiophene rings is 1. The van der Waals surface area contributed by atoms with Crippen molar-refractivity contribution in [1.82, 2.24) is 5.32 Å². The summed E-state index contributed by atoms with van der Waals surface area (Å²) in [5.41, 5.74) is 2.94. The molecule has 0 aliphatic carbocycles. The van der Waals surface area contributed by atoms with Crippen LogP contribution in [-0.2, 0) is 13.0 Å². The summed E-state index contributed by atoms with van der Waals surface area (Å²) in [7, 11) is 0. The molecule has 2 nitrogen and oxygen atoms in total. The lowest BCUT2D eigenvalue weighted by Gasteiger charge is -2.19. The maximum Gasteiger partial charge on any atom is 0.0399 e. The van der Waals surface area contributed by atoms with Crippen LogP contribution in [0, 0.1) is 6.92 Å². The van der Waals surface area contributed by atoms with Gasteiger partial charge >= 0.3 is 0 Å². The van der Waals surface area contributed by atoms with Crippen molar-refractivity contribution in [3.63, 3.8) is 0 Å². The Balaban J connectivity index is 1.39. The Kier molecular flexibility index (Phi) is 4.99. The SMILES string of the molecule is Cc1sc(CNCCCN2CCc3ccccc32)cc1Br. The van der Waals surface area contributed by atoms with Gasteiger partial charge in [0.2, 0.25) is 0 Å².